The van der Waals surface area contributed by atoms with Gasteiger partial charge in [-0.05, 0) is 66.6 Å². The zero-order chi connectivity index (χ0) is 35.5. The molecule has 1 unspecified atom stereocenters. The van der Waals surface area contributed by atoms with Gasteiger partial charge in [-0.1, -0.05) is 83.9 Å². The molecule has 3 amide bonds. The Balaban J connectivity index is 1.31. The van der Waals surface area contributed by atoms with Crippen LogP contribution in [0, 0.1) is 0 Å². The minimum absolute atomic E-state index is 0.0188. The monoisotopic (exact) mass is 744 g/mol. The molecule has 5 rings (SSSR count). The van der Waals surface area contributed by atoms with E-state index in [1.807, 2.05) is 30.3 Å². The van der Waals surface area contributed by atoms with E-state index in [9.17, 15) is 19.2 Å². The normalized spacial score (nSPS) is 11.7. The summed E-state index contributed by atoms with van der Waals surface area (Å²) in [5.74, 6) is -1.74. The highest BCUT2D eigenvalue weighted by atomic mass is 35.5. The van der Waals surface area contributed by atoms with Crippen LogP contribution in [0.5, 0.6) is 0 Å². The van der Waals surface area contributed by atoms with Crippen molar-refractivity contribution in [1.82, 2.24) is 10.3 Å². The number of benzene rings is 4. The number of amides is 3. The standard InChI is InChI=1S/C37H30Cl2N4O5S2/c1-2-48-31(44)21-27-22-49-37(41-27)43-36(47)33(23-10-5-3-6-11-23)50-28-18-16-26(17-19-28)40-35(46)30(20-25-14-9-15-29(38)32(25)39)42-34(45)24-12-7-4-8-13-24/h3-20,22,33H,2,21H2,1H3,(H,40,46)(H,42,45)(H,41,43,47)/b30-20-. The van der Waals surface area contributed by atoms with Crippen LogP contribution in [0.25, 0.3) is 6.08 Å². The van der Waals surface area contributed by atoms with Crippen LogP contribution in [0.2, 0.25) is 10.0 Å². The molecular weight excluding hydrogens is 715 g/mol. The highest BCUT2D eigenvalue weighted by Gasteiger charge is 2.24. The molecule has 254 valence electrons. The maximum atomic E-state index is 13.6. The van der Waals surface area contributed by atoms with Crippen LogP contribution in [-0.4, -0.2) is 35.3 Å². The van der Waals surface area contributed by atoms with Crippen molar-refractivity contribution >= 4 is 86.9 Å². The summed E-state index contributed by atoms with van der Waals surface area (Å²) >= 11 is 15.1. The summed E-state index contributed by atoms with van der Waals surface area (Å²) in [6, 6.07) is 29.8. The van der Waals surface area contributed by atoms with E-state index in [1.54, 1.807) is 85.1 Å². The Hall–Kier alpha value is -4.94. The molecule has 9 nitrogen and oxygen atoms in total. The highest BCUT2D eigenvalue weighted by molar-refractivity contribution is 8.00. The number of hydrogen-bond donors (Lipinski definition) is 3. The van der Waals surface area contributed by atoms with Crippen molar-refractivity contribution in [3.63, 3.8) is 0 Å². The highest BCUT2D eigenvalue weighted by Crippen LogP contribution is 2.37. The molecule has 0 saturated heterocycles. The van der Waals surface area contributed by atoms with Gasteiger partial charge in [0.2, 0.25) is 5.91 Å². The van der Waals surface area contributed by atoms with Crippen LogP contribution in [0.1, 0.15) is 39.4 Å². The molecule has 0 spiro atoms. The Kier molecular flexibility index (Phi) is 12.8. The number of aromatic nitrogens is 1. The second-order valence-corrected chi connectivity index (χ2v) is 13.3. The molecule has 13 heteroatoms. The molecule has 0 fully saturated rings. The van der Waals surface area contributed by atoms with Crippen molar-refractivity contribution in [3.8, 4) is 0 Å². The minimum atomic E-state index is -0.640. The van der Waals surface area contributed by atoms with Gasteiger partial charge in [-0.3, -0.25) is 19.2 Å². The van der Waals surface area contributed by atoms with Crippen LogP contribution in [-0.2, 0) is 25.5 Å². The van der Waals surface area contributed by atoms with E-state index in [4.69, 9.17) is 27.9 Å². The minimum Gasteiger partial charge on any atom is -0.466 e. The Morgan fingerprint density at radius 1 is 0.880 bits per heavy atom. The van der Waals surface area contributed by atoms with Crippen LogP contribution in [0.4, 0.5) is 10.8 Å². The first-order valence-electron chi connectivity index (χ1n) is 15.3. The average molecular weight is 746 g/mol. The van der Waals surface area contributed by atoms with Crippen molar-refractivity contribution in [2.45, 2.75) is 23.5 Å². The van der Waals surface area contributed by atoms with E-state index in [0.29, 0.717) is 32.7 Å². The van der Waals surface area contributed by atoms with Gasteiger partial charge in [0.25, 0.3) is 11.8 Å². The lowest BCUT2D eigenvalue weighted by Crippen LogP contribution is -2.30. The number of carbonyl (C=O) groups excluding carboxylic acids is 4. The maximum absolute atomic E-state index is 13.6. The quantitative estimate of drug-likeness (QED) is 0.0628. The van der Waals surface area contributed by atoms with Gasteiger partial charge < -0.3 is 20.7 Å². The number of thiazole rings is 1. The van der Waals surface area contributed by atoms with E-state index in [0.717, 1.165) is 10.5 Å². The number of anilines is 2. The lowest BCUT2D eigenvalue weighted by atomic mass is 10.1. The fraction of sp³-hybridized carbons (Fsp3) is 0.108. The fourth-order valence-corrected chi connectivity index (χ4v) is 6.66. The zero-order valence-corrected chi connectivity index (χ0v) is 29.7. The van der Waals surface area contributed by atoms with E-state index >= 15 is 0 Å². The molecule has 4 aromatic carbocycles. The average Bonchev–Trinajstić information content (AvgIpc) is 3.56. The molecule has 0 saturated carbocycles. The summed E-state index contributed by atoms with van der Waals surface area (Å²) in [5.41, 5.74) is 2.51. The predicted octanol–water partition coefficient (Wildman–Crippen LogP) is 8.44. The Morgan fingerprint density at radius 2 is 1.58 bits per heavy atom. The third-order valence-corrected chi connectivity index (χ3v) is 9.84. The summed E-state index contributed by atoms with van der Waals surface area (Å²) < 4.78 is 4.99. The number of rotatable bonds is 13. The fourth-order valence-electron chi connectivity index (χ4n) is 4.56. The molecule has 1 atom stereocenters. The molecular formula is C37H30Cl2N4O5S2. The Morgan fingerprint density at radius 3 is 2.28 bits per heavy atom. The van der Waals surface area contributed by atoms with Crippen molar-refractivity contribution < 1.29 is 23.9 Å². The van der Waals surface area contributed by atoms with Crippen molar-refractivity contribution in [2.24, 2.45) is 0 Å². The number of hydrogen-bond acceptors (Lipinski definition) is 8. The predicted molar refractivity (Wildman–Crippen MR) is 200 cm³/mol. The SMILES string of the molecule is CCOC(=O)Cc1csc(NC(=O)C(Sc2ccc(NC(=O)/C(=C/c3cccc(Cl)c3Cl)NC(=O)c3ccccc3)cc2)c2ccccc2)n1. The topological polar surface area (TPSA) is 126 Å². The van der Waals surface area contributed by atoms with Crippen LogP contribution in [0.3, 0.4) is 0 Å². The number of halogens is 2. The van der Waals surface area contributed by atoms with Gasteiger partial charge in [0.15, 0.2) is 5.13 Å². The van der Waals surface area contributed by atoms with Crippen LogP contribution < -0.4 is 16.0 Å². The summed E-state index contributed by atoms with van der Waals surface area (Å²) in [6.07, 6.45) is 1.48. The van der Waals surface area contributed by atoms with Crippen molar-refractivity contribution in [2.75, 3.05) is 17.2 Å². The first-order valence-corrected chi connectivity index (χ1v) is 17.8. The molecule has 3 N–H and O–H groups in total. The summed E-state index contributed by atoms with van der Waals surface area (Å²) in [4.78, 5) is 57.1. The lowest BCUT2D eigenvalue weighted by Gasteiger charge is -2.17. The molecule has 5 aromatic rings. The van der Waals surface area contributed by atoms with E-state index < -0.39 is 17.1 Å². The first-order chi connectivity index (χ1) is 24.2. The maximum Gasteiger partial charge on any atom is 0.311 e. The Bertz CT molecular complexity index is 2010. The number of ether oxygens (including phenoxy) is 1. The van der Waals surface area contributed by atoms with Gasteiger partial charge >= 0.3 is 5.97 Å². The van der Waals surface area contributed by atoms with E-state index in [2.05, 4.69) is 20.9 Å². The first kappa shape index (κ1) is 36.3. The molecule has 0 radical (unpaired) electrons. The molecule has 0 bridgehead atoms. The van der Waals surface area contributed by atoms with E-state index in [-0.39, 0.29) is 35.6 Å². The zero-order valence-electron chi connectivity index (χ0n) is 26.5. The van der Waals surface area contributed by atoms with Gasteiger partial charge in [0.05, 0.1) is 28.8 Å². The molecule has 1 heterocycles. The molecule has 0 aliphatic carbocycles. The third kappa shape index (κ3) is 10.1. The number of esters is 1. The molecule has 0 aliphatic rings. The second kappa shape index (κ2) is 17.6. The van der Waals surface area contributed by atoms with Gasteiger partial charge in [-0.15, -0.1) is 23.1 Å². The number of carbonyl (C=O) groups is 4. The van der Waals surface area contributed by atoms with Crippen molar-refractivity contribution in [1.29, 1.82) is 0 Å². The molecule has 0 aliphatic heterocycles. The van der Waals surface area contributed by atoms with Gasteiger partial charge in [-0.25, -0.2) is 4.98 Å². The van der Waals surface area contributed by atoms with Crippen LogP contribution >= 0.6 is 46.3 Å². The van der Waals surface area contributed by atoms with Crippen LogP contribution in [0.15, 0.2) is 119 Å². The largest absolute Gasteiger partial charge is 0.466 e. The van der Waals surface area contributed by atoms with Gasteiger partial charge in [-0.2, -0.15) is 0 Å². The molecule has 1 aromatic heterocycles. The summed E-state index contributed by atoms with van der Waals surface area (Å²) in [5, 5.41) is 10.4. The summed E-state index contributed by atoms with van der Waals surface area (Å²) in [6.45, 7) is 2.01. The second-order valence-electron chi connectivity index (χ2n) is 10.5. The molecule has 50 heavy (non-hydrogen) atoms. The van der Waals surface area contributed by atoms with Crippen molar-refractivity contribution in [3.05, 3.63) is 147 Å². The number of nitrogens with one attached hydrogen (secondary N) is 3. The Labute approximate surface area is 307 Å². The third-order valence-electron chi connectivity index (χ3n) is 6.93. The van der Waals surface area contributed by atoms with Gasteiger partial charge in [0.1, 0.15) is 10.9 Å². The number of nitrogens with zero attached hydrogens (tertiary/aromatic N) is 1. The lowest BCUT2D eigenvalue weighted by molar-refractivity contribution is -0.142. The number of thioether (sulfide) groups is 1. The van der Waals surface area contributed by atoms with E-state index in [1.165, 1.54) is 29.2 Å². The smallest absolute Gasteiger partial charge is 0.311 e. The van der Waals surface area contributed by atoms with Gasteiger partial charge in [0, 0.05) is 21.5 Å². The summed E-state index contributed by atoms with van der Waals surface area (Å²) in [7, 11) is 0.